The molecule has 1 amide bonds. The summed E-state index contributed by atoms with van der Waals surface area (Å²) in [5.74, 6) is -1.37. The van der Waals surface area contributed by atoms with Crippen molar-refractivity contribution in [3.05, 3.63) is 70.7 Å². The van der Waals surface area contributed by atoms with Crippen LogP contribution in [0.5, 0.6) is 0 Å². The third-order valence-electron chi connectivity index (χ3n) is 4.22. The predicted molar refractivity (Wildman–Crippen MR) is 114 cm³/mol. The van der Waals surface area contributed by atoms with Crippen LogP contribution in [0.15, 0.2) is 53.9 Å². The van der Waals surface area contributed by atoms with E-state index in [0.717, 1.165) is 28.1 Å². The highest BCUT2D eigenvalue weighted by Gasteiger charge is 2.19. The first-order valence-corrected chi connectivity index (χ1v) is 11.7. The van der Waals surface area contributed by atoms with Crippen molar-refractivity contribution < 1.29 is 13.2 Å². The van der Waals surface area contributed by atoms with Gasteiger partial charge in [-0.2, -0.15) is 0 Å². The fraction of sp³-hybridized carbons (Fsp3) is 0.238. The van der Waals surface area contributed by atoms with Crippen LogP contribution in [-0.4, -0.2) is 25.1 Å². The van der Waals surface area contributed by atoms with Crippen molar-refractivity contribution in [2.45, 2.75) is 26.0 Å². The molecule has 1 aromatic heterocycles. The number of aryl methyl sites for hydroxylation is 2. The van der Waals surface area contributed by atoms with Crippen molar-refractivity contribution >= 4 is 32.8 Å². The van der Waals surface area contributed by atoms with Gasteiger partial charge in [0.05, 0.1) is 11.4 Å². The van der Waals surface area contributed by atoms with Gasteiger partial charge in [0.25, 0.3) is 0 Å². The first-order valence-electron chi connectivity index (χ1n) is 8.95. The largest absolute Gasteiger partial charge is 0.325 e. The second kappa shape index (κ2) is 8.67. The minimum Gasteiger partial charge on any atom is -0.325 e. The molecule has 0 bridgehead atoms. The molecular formula is C21H22N2O3S2. The molecule has 3 rings (SSSR count). The molecule has 0 atom stereocenters. The summed E-state index contributed by atoms with van der Waals surface area (Å²) in [7, 11) is -3.61. The zero-order valence-electron chi connectivity index (χ0n) is 15.8. The number of hydrogen-bond acceptors (Lipinski definition) is 5. The average molecular weight is 415 g/mol. The van der Waals surface area contributed by atoms with Gasteiger partial charge in [0.2, 0.25) is 5.91 Å². The number of carbonyl (C=O) groups is 1. The molecular weight excluding hydrogens is 392 g/mol. The minimum atomic E-state index is -3.61. The van der Waals surface area contributed by atoms with Gasteiger partial charge in [-0.1, -0.05) is 48.9 Å². The van der Waals surface area contributed by atoms with E-state index in [1.165, 1.54) is 11.3 Å². The van der Waals surface area contributed by atoms with Crippen LogP contribution < -0.4 is 5.32 Å². The fourth-order valence-electron chi connectivity index (χ4n) is 2.70. The van der Waals surface area contributed by atoms with E-state index in [9.17, 15) is 13.2 Å². The molecule has 0 aliphatic carbocycles. The van der Waals surface area contributed by atoms with E-state index in [0.29, 0.717) is 11.4 Å². The third-order valence-corrected chi connectivity index (χ3v) is 6.59. The van der Waals surface area contributed by atoms with Gasteiger partial charge in [-0.25, -0.2) is 13.4 Å². The van der Waals surface area contributed by atoms with Gasteiger partial charge in [0.1, 0.15) is 10.8 Å². The lowest BCUT2D eigenvalue weighted by Crippen LogP contribution is -2.24. The van der Waals surface area contributed by atoms with Gasteiger partial charge in [0.15, 0.2) is 9.84 Å². The number of sulfone groups is 1. The number of amides is 1. The number of carbonyl (C=O) groups excluding carboxylic acids is 1. The first kappa shape index (κ1) is 20.2. The highest BCUT2D eigenvalue weighted by Crippen LogP contribution is 2.25. The van der Waals surface area contributed by atoms with Gasteiger partial charge in [-0.05, 0) is 31.0 Å². The molecule has 0 aliphatic rings. The Bertz CT molecular complexity index is 1050. The quantitative estimate of drug-likeness (QED) is 0.628. The van der Waals surface area contributed by atoms with Gasteiger partial charge in [-0.15, -0.1) is 11.3 Å². The summed E-state index contributed by atoms with van der Waals surface area (Å²) in [5, 5.41) is 5.13. The lowest BCUT2D eigenvalue weighted by atomic mass is 10.1. The maximum atomic E-state index is 12.4. The number of rotatable bonds is 7. The monoisotopic (exact) mass is 414 g/mol. The van der Waals surface area contributed by atoms with Crippen molar-refractivity contribution in [2.24, 2.45) is 0 Å². The number of thiazole rings is 1. The first-order chi connectivity index (χ1) is 13.3. The summed E-state index contributed by atoms with van der Waals surface area (Å²) in [4.78, 5) is 16.5. The van der Waals surface area contributed by atoms with E-state index in [2.05, 4.69) is 10.3 Å². The van der Waals surface area contributed by atoms with Crippen LogP contribution in [0.25, 0.3) is 10.6 Å². The van der Waals surface area contributed by atoms with Gasteiger partial charge < -0.3 is 5.32 Å². The molecule has 0 unspecified atom stereocenters. The Balaban J connectivity index is 1.61. The Morgan fingerprint density at radius 3 is 2.39 bits per heavy atom. The van der Waals surface area contributed by atoms with Crippen molar-refractivity contribution in [1.29, 1.82) is 0 Å². The van der Waals surface area contributed by atoms with E-state index < -0.39 is 21.5 Å². The van der Waals surface area contributed by atoms with E-state index in [-0.39, 0.29) is 5.75 Å². The third kappa shape index (κ3) is 5.50. The summed E-state index contributed by atoms with van der Waals surface area (Å²) in [6, 6.07) is 15.3. The van der Waals surface area contributed by atoms with Crippen LogP contribution in [0.1, 0.15) is 23.7 Å². The van der Waals surface area contributed by atoms with Crippen LogP contribution in [0.3, 0.4) is 0 Å². The number of benzene rings is 2. The Morgan fingerprint density at radius 2 is 1.75 bits per heavy atom. The predicted octanol–water partition coefficient (Wildman–Crippen LogP) is 4.23. The molecule has 0 saturated carbocycles. The van der Waals surface area contributed by atoms with Crippen LogP contribution in [0.4, 0.5) is 5.69 Å². The molecule has 0 radical (unpaired) electrons. The molecule has 0 fully saturated rings. The molecule has 3 aromatic rings. The van der Waals surface area contributed by atoms with Gasteiger partial charge >= 0.3 is 0 Å². The number of nitrogens with one attached hydrogen (secondary N) is 1. The number of aromatic nitrogens is 1. The summed E-state index contributed by atoms with van der Waals surface area (Å²) in [6.45, 7) is 4.05. The van der Waals surface area contributed by atoms with Gasteiger partial charge in [0, 0.05) is 16.6 Å². The molecule has 1 heterocycles. The van der Waals surface area contributed by atoms with Crippen LogP contribution in [-0.2, 0) is 26.8 Å². The number of anilines is 1. The molecule has 2 aromatic carbocycles. The molecule has 0 saturated heterocycles. The second-order valence-corrected chi connectivity index (χ2v) is 9.56. The van der Waals surface area contributed by atoms with Crippen molar-refractivity contribution in [1.82, 2.24) is 4.98 Å². The average Bonchev–Trinajstić information content (AvgIpc) is 3.10. The van der Waals surface area contributed by atoms with Crippen molar-refractivity contribution in [3.8, 4) is 10.6 Å². The van der Waals surface area contributed by atoms with Crippen LogP contribution >= 0.6 is 11.3 Å². The SMILES string of the molecule is CCc1ccc(NC(=O)CS(=O)(=O)Cc2csc(-c3ccc(C)cc3)n2)cc1. The molecule has 0 spiro atoms. The highest BCUT2D eigenvalue weighted by atomic mass is 32.2. The number of hydrogen-bond donors (Lipinski definition) is 1. The molecule has 1 N–H and O–H groups in total. The van der Waals surface area contributed by atoms with Crippen molar-refractivity contribution in [2.75, 3.05) is 11.1 Å². The standard InChI is InChI=1S/C21H22N2O3S2/c1-3-16-6-10-18(11-7-16)22-20(24)14-28(25,26)13-19-12-27-21(23-19)17-8-4-15(2)5-9-17/h4-12H,3,13-14H2,1-2H3,(H,22,24). The Labute approximate surface area is 169 Å². The zero-order valence-corrected chi connectivity index (χ0v) is 17.4. The maximum absolute atomic E-state index is 12.4. The van der Waals surface area contributed by atoms with Crippen molar-refractivity contribution in [3.63, 3.8) is 0 Å². The lowest BCUT2D eigenvalue weighted by molar-refractivity contribution is -0.113. The second-order valence-electron chi connectivity index (χ2n) is 6.64. The van der Waals surface area contributed by atoms with Gasteiger partial charge in [-0.3, -0.25) is 4.79 Å². The molecule has 5 nitrogen and oxygen atoms in total. The topological polar surface area (TPSA) is 76.1 Å². The zero-order chi connectivity index (χ0) is 20.1. The molecule has 28 heavy (non-hydrogen) atoms. The van der Waals surface area contributed by atoms with Crippen LogP contribution in [0, 0.1) is 6.92 Å². The minimum absolute atomic E-state index is 0.252. The van der Waals surface area contributed by atoms with Crippen LogP contribution in [0.2, 0.25) is 0 Å². The summed E-state index contributed by atoms with van der Waals surface area (Å²) >= 11 is 1.40. The molecule has 7 heteroatoms. The van der Waals surface area contributed by atoms with E-state index in [1.54, 1.807) is 17.5 Å². The van der Waals surface area contributed by atoms with E-state index in [1.807, 2.05) is 50.2 Å². The smallest absolute Gasteiger partial charge is 0.239 e. The van der Waals surface area contributed by atoms with E-state index >= 15 is 0 Å². The summed E-state index contributed by atoms with van der Waals surface area (Å²) in [6.07, 6.45) is 0.904. The Hall–Kier alpha value is -2.51. The maximum Gasteiger partial charge on any atom is 0.239 e. The Morgan fingerprint density at radius 1 is 1.07 bits per heavy atom. The summed E-state index contributed by atoms with van der Waals surface area (Å²) < 4.78 is 24.8. The highest BCUT2D eigenvalue weighted by molar-refractivity contribution is 7.91. The van der Waals surface area contributed by atoms with E-state index in [4.69, 9.17) is 0 Å². The normalized spacial score (nSPS) is 11.4. The summed E-state index contributed by atoms with van der Waals surface area (Å²) in [5.41, 5.74) is 4.30. The fourth-order valence-corrected chi connectivity index (χ4v) is 4.80. The Kier molecular flexibility index (Phi) is 6.26. The lowest BCUT2D eigenvalue weighted by Gasteiger charge is -2.06. The molecule has 146 valence electrons. The number of nitrogens with zero attached hydrogens (tertiary/aromatic N) is 1. The molecule has 0 aliphatic heterocycles.